The molecular weight excluding hydrogens is 340 g/mol. The normalized spacial score (nSPS) is 19.1. The minimum Gasteiger partial charge on any atom is -0.493 e. The third kappa shape index (κ3) is 2.27. The standard InChI is InChI=1S/C20H22N6O/c1-10-6-7-25-13(4)16(22-20(25)17(10)27-5)14-8-15(14)18-23-19-12(3)21-9-11(2)26(19)24-18/h6-7,9,14-15H,8H2,1-5H3. The monoisotopic (exact) mass is 362 g/mol. The Hall–Kier alpha value is -2.96. The molecule has 0 amide bonds. The lowest BCUT2D eigenvalue weighted by atomic mass is 10.2. The van der Waals surface area contributed by atoms with Gasteiger partial charge in [-0.2, -0.15) is 5.10 Å². The van der Waals surface area contributed by atoms with Gasteiger partial charge in [0.15, 0.2) is 22.9 Å². The molecule has 7 nitrogen and oxygen atoms in total. The van der Waals surface area contributed by atoms with Crippen LogP contribution in [0.4, 0.5) is 0 Å². The van der Waals surface area contributed by atoms with Crippen LogP contribution in [0, 0.1) is 27.7 Å². The molecule has 1 aliphatic rings. The van der Waals surface area contributed by atoms with Crippen molar-refractivity contribution in [3.05, 3.63) is 52.6 Å². The molecule has 0 spiro atoms. The summed E-state index contributed by atoms with van der Waals surface area (Å²) in [6.07, 6.45) is 4.93. The Bertz CT molecular complexity index is 1170. The fourth-order valence-corrected chi connectivity index (χ4v) is 3.97. The van der Waals surface area contributed by atoms with Gasteiger partial charge in [-0.15, -0.1) is 0 Å². The molecule has 0 bridgehead atoms. The van der Waals surface area contributed by atoms with Crippen molar-refractivity contribution in [1.82, 2.24) is 29.0 Å². The molecule has 0 aromatic carbocycles. The first kappa shape index (κ1) is 16.2. The number of fused-ring (bicyclic) bond motifs is 2. The summed E-state index contributed by atoms with van der Waals surface area (Å²) in [5, 5.41) is 4.75. The van der Waals surface area contributed by atoms with Gasteiger partial charge < -0.3 is 9.14 Å². The number of pyridine rings is 1. The number of ether oxygens (including phenoxy) is 1. The summed E-state index contributed by atoms with van der Waals surface area (Å²) < 4.78 is 9.60. The van der Waals surface area contributed by atoms with Crippen LogP contribution in [0.3, 0.4) is 0 Å². The van der Waals surface area contributed by atoms with E-state index >= 15 is 0 Å². The number of hydrogen-bond donors (Lipinski definition) is 0. The second kappa shape index (κ2) is 5.52. The van der Waals surface area contributed by atoms with Gasteiger partial charge in [-0.1, -0.05) is 0 Å². The molecule has 1 saturated carbocycles. The van der Waals surface area contributed by atoms with Crippen molar-refractivity contribution in [3.63, 3.8) is 0 Å². The van der Waals surface area contributed by atoms with Gasteiger partial charge in [0.2, 0.25) is 0 Å². The molecule has 2 atom stereocenters. The molecule has 0 radical (unpaired) electrons. The molecule has 4 aromatic rings. The summed E-state index contributed by atoms with van der Waals surface area (Å²) in [5.74, 6) is 2.38. The molecule has 4 heterocycles. The highest BCUT2D eigenvalue weighted by Crippen LogP contribution is 2.54. The third-order valence-electron chi connectivity index (χ3n) is 5.63. The molecule has 0 saturated heterocycles. The first-order valence-electron chi connectivity index (χ1n) is 9.20. The van der Waals surface area contributed by atoms with E-state index in [9.17, 15) is 0 Å². The molecule has 0 N–H and O–H groups in total. The minimum absolute atomic E-state index is 0.305. The summed E-state index contributed by atoms with van der Waals surface area (Å²) in [6.45, 7) is 8.14. The number of hydrogen-bond acceptors (Lipinski definition) is 5. The molecule has 0 aliphatic heterocycles. The van der Waals surface area contributed by atoms with Crippen molar-refractivity contribution in [2.24, 2.45) is 0 Å². The van der Waals surface area contributed by atoms with Gasteiger partial charge >= 0.3 is 0 Å². The zero-order valence-corrected chi connectivity index (χ0v) is 16.2. The molecular formula is C20H22N6O. The molecule has 7 heteroatoms. The van der Waals surface area contributed by atoms with Crippen LogP contribution >= 0.6 is 0 Å². The van der Waals surface area contributed by atoms with Crippen molar-refractivity contribution in [2.45, 2.75) is 46.0 Å². The Morgan fingerprint density at radius 3 is 2.63 bits per heavy atom. The van der Waals surface area contributed by atoms with Crippen LogP contribution in [0.25, 0.3) is 11.3 Å². The zero-order chi connectivity index (χ0) is 18.9. The quantitative estimate of drug-likeness (QED) is 0.559. The second-order valence-electron chi connectivity index (χ2n) is 7.45. The van der Waals surface area contributed by atoms with E-state index in [1.807, 2.05) is 31.5 Å². The number of nitrogens with zero attached hydrogens (tertiary/aromatic N) is 6. The number of aryl methyl sites for hydroxylation is 4. The van der Waals surface area contributed by atoms with E-state index in [0.29, 0.717) is 11.8 Å². The Kier molecular flexibility index (Phi) is 3.32. The smallest absolute Gasteiger partial charge is 0.180 e. The highest BCUT2D eigenvalue weighted by atomic mass is 16.5. The minimum atomic E-state index is 0.305. The Labute approximate surface area is 157 Å². The predicted octanol–water partition coefficient (Wildman–Crippen LogP) is 3.29. The van der Waals surface area contributed by atoms with Gasteiger partial charge in [-0.3, -0.25) is 4.98 Å². The summed E-state index contributed by atoms with van der Waals surface area (Å²) in [7, 11) is 1.70. The maximum Gasteiger partial charge on any atom is 0.180 e. The first-order chi connectivity index (χ1) is 13.0. The van der Waals surface area contributed by atoms with Gasteiger partial charge in [0.25, 0.3) is 0 Å². The van der Waals surface area contributed by atoms with Gasteiger partial charge in [0.05, 0.1) is 24.2 Å². The van der Waals surface area contributed by atoms with E-state index in [1.165, 1.54) is 0 Å². The Morgan fingerprint density at radius 2 is 1.89 bits per heavy atom. The molecule has 138 valence electrons. The molecule has 27 heavy (non-hydrogen) atoms. The van der Waals surface area contributed by atoms with E-state index in [-0.39, 0.29) is 0 Å². The summed E-state index contributed by atoms with van der Waals surface area (Å²) in [6, 6.07) is 2.07. The number of methoxy groups -OCH3 is 1. The van der Waals surface area contributed by atoms with Crippen molar-refractivity contribution >= 4 is 11.3 Å². The lowest BCUT2D eigenvalue weighted by molar-refractivity contribution is 0.413. The van der Waals surface area contributed by atoms with E-state index in [2.05, 4.69) is 28.6 Å². The maximum absolute atomic E-state index is 5.59. The fourth-order valence-electron chi connectivity index (χ4n) is 3.97. The van der Waals surface area contributed by atoms with Gasteiger partial charge in [0, 0.05) is 29.9 Å². The molecule has 4 aromatic heterocycles. The maximum atomic E-state index is 5.59. The Morgan fingerprint density at radius 1 is 1.07 bits per heavy atom. The molecule has 1 fully saturated rings. The van der Waals surface area contributed by atoms with Crippen LogP contribution < -0.4 is 4.74 Å². The number of imidazole rings is 1. The number of rotatable bonds is 3. The van der Waals surface area contributed by atoms with Crippen LogP contribution in [-0.2, 0) is 0 Å². The van der Waals surface area contributed by atoms with E-state index < -0.39 is 0 Å². The van der Waals surface area contributed by atoms with Crippen LogP contribution in [0.2, 0.25) is 0 Å². The van der Waals surface area contributed by atoms with Crippen molar-refractivity contribution < 1.29 is 4.74 Å². The van der Waals surface area contributed by atoms with Gasteiger partial charge in [-0.05, 0) is 45.7 Å². The number of aromatic nitrogens is 6. The third-order valence-corrected chi connectivity index (χ3v) is 5.63. The SMILES string of the molecule is COc1c(C)ccn2c(C)c(C3CC3c3nc4c(C)ncc(C)n4n3)nc12. The molecule has 2 unspecified atom stereocenters. The summed E-state index contributed by atoms with van der Waals surface area (Å²) in [4.78, 5) is 14.1. The van der Waals surface area contributed by atoms with Crippen LogP contribution in [0.1, 0.15) is 52.4 Å². The average Bonchev–Trinajstić information content (AvgIpc) is 3.18. The van der Waals surface area contributed by atoms with E-state index in [0.717, 1.165) is 57.6 Å². The highest BCUT2D eigenvalue weighted by molar-refractivity contribution is 5.60. The molecule has 5 rings (SSSR count). The van der Waals surface area contributed by atoms with Crippen LogP contribution in [0.15, 0.2) is 18.5 Å². The largest absolute Gasteiger partial charge is 0.493 e. The summed E-state index contributed by atoms with van der Waals surface area (Å²) in [5.41, 5.74) is 7.00. The van der Waals surface area contributed by atoms with E-state index in [4.69, 9.17) is 19.8 Å². The van der Waals surface area contributed by atoms with Crippen molar-refractivity contribution in [1.29, 1.82) is 0 Å². The second-order valence-corrected chi connectivity index (χ2v) is 7.45. The fraction of sp³-hybridized carbons (Fsp3) is 0.400. The lowest BCUT2D eigenvalue weighted by Crippen LogP contribution is -1.97. The van der Waals surface area contributed by atoms with Gasteiger partial charge in [0.1, 0.15) is 0 Å². The zero-order valence-electron chi connectivity index (χ0n) is 16.2. The highest BCUT2D eigenvalue weighted by Gasteiger charge is 2.45. The van der Waals surface area contributed by atoms with Crippen molar-refractivity contribution in [2.75, 3.05) is 7.11 Å². The summed E-state index contributed by atoms with van der Waals surface area (Å²) >= 11 is 0. The van der Waals surface area contributed by atoms with Crippen LogP contribution in [-0.4, -0.2) is 36.1 Å². The molecule has 1 aliphatic carbocycles. The Balaban J connectivity index is 1.56. The van der Waals surface area contributed by atoms with Gasteiger partial charge in [-0.25, -0.2) is 14.5 Å². The van der Waals surface area contributed by atoms with Crippen LogP contribution in [0.5, 0.6) is 5.75 Å². The topological polar surface area (TPSA) is 69.6 Å². The van der Waals surface area contributed by atoms with E-state index in [1.54, 1.807) is 7.11 Å². The lowest BCUT2D eigenvalue weighted by Gasteiger charge is -2.05. The average molecular weight is 362 g/mol. The predicted molar refractivity (Wildman–Crippen MR) is 102 cm³/mol. The van der Waals surface area contributed by atoms with Crippen molar-refractivity contribution in [3.8, 4) is 5.75 Å². The first-order valence-corrected chi connectivity index (χ1v) is 9.20.